The Labute approximate surface area is 124 Å². The highest BCUT2D eigenvalue weighted by Crippen LogP contribution is 2.40. The molecule has 0 saturated carbocycles. The van der Waals surface area contributed by atoms with Gasteiger partial charge in [-0.3, -0.25) is 0 Å². The van der Waals surface area contributed by atoms with E-state index in [2.05, 4.69) is 31.3 Å². The van der Waals surface area contributed by atoms with Gasteiger partial charge >= 0.3 is 0 Å². The number of hydrogen-bond donors (Lipinski definition) is 1. The van der Waals surface area contributed by atoms with Crippen LogP contribution in [-0.4, -0.2) is 5.60 Å². The molecule has 1 N–H and O–H groups in total. The fourth-order valence-corrected chi connectivity index (χ4v) is 2.80. The van der Waals surface area contributed by atoms with Gasteiger partial charge in [-0.05, 0) is 44.2 Å². The smallest absolute Gasteiger partial charge is 0.125 e. The number of hydrogen-bond acceptors (Lipinski definition) is 2. The highest BCUT2D eigenvalue weighted by Gasteiger charge is 2.33. The Morgan fingerprint density at radius 3 is 2.55 bits per heavy atom. The van der Waals surface area contributed by atoms with Gasteiger partial charge in [-0.1, -0.05) is 29.8 Å². The first-order valence-electron chi connectivity index (χ1n) is 6.84. The average Bonchev–Trinajstić information content (AvgIpc) is 2.40. The van der Waals surface area contributed by atoms with Gasteiger partial charge in [0.25, 0.3) is 0 Å². The Bertz CT molecular complexity index is 607. The molecule has 0 radical (unpaired) electrons. The third-order valence-electron chi connectivity index (χ3n) is 3.56. The zero-order chi connectivity index (χ0) is 14.2. The van der Waals surface area contributed by atoms with E-state index in [1.54, 1.807) is 0 Å². The summed E-state index contributed by atoms with van der Waals surface area (Å²) >= 11 is 5.93. The molecule has 0 saturated heterocycles. The summed E-state index contributed by atoms with van der Waals surface area (Å²) in [6.45, 7) is 4.25. The molecule has 2 aromatic rings. The monoisotopic (exact) mass is 287 g/mol. The fraction of sp³-hybridized carbons (Fsp3) is 0.294. The summed E-state index contributed by atoms with van der Waals surface area (Å²) in [5.41, 5.74) is 2.12. The number of halogens is 1. The largest absolute Gasteiger partial charge is 0.487 e. The van der Waals surface area contributed by atoms with Crippen molar-refractivity contribution in [3.05, 3.63) is 59.1 Å². The van der Waals surface area contributed by atoms with Crippen molar-refractivity contribution in [3.63, 3.8) is 0 Å². The van der Waals surface area contributed by atoms with Crippen LogP contribution in [0.25, 0.3) is 0 Å². The molecule has 1 aliphatic rings. The van der Waals surface area contributed by atoms with Crippen LogP contribution >= 0.6 is 11.6 Å². The summed E-state index contributed by atoms with van der Waals surface area (Å²) in [5, 5.41) is 4.33. The van der Waals surface area contributed by atoms with Crippen LogP contribution in [0.5, 0.6) is 5.75 Å². The van der Waals surface area contributed by atoms with Gasteiger partial charge in [0, 0.05) is 22.7 Å². The minimum Gasteiger partial charge on any atom is -0.487 e. The first-order valence-corrected chi connectivity index (χ1v) is 7.21. The van der Waals surface area contributed by atoms with Gasteiger partial charge in [0.15, 0.2) is 0 Å². The van der Waals surface area contributed by atoms with E-state index >= 15 is 0 Å². The maximum absolute atomic E-state index is 6.05. The van der Waals surface area contributed by atoms with Crippen molar-refractivity contribution in [3.8, 4) is 5.75 Å². The molecule has 0 fully saturated rings. The number of fused-ring (bicyclic) bond motifs is 1. The van der Waals surface area contributed by atoms with E-state index in [0.29, 0.717) is 0 Å². The van der Waals surface area contributed by atoms with Gasteiger partial charge in [0.05, 0.1) is 6.04 Å². The van der Waals surface area contributed by atoms with Gasteiger partial charge in [0.1, 0.15) is 11.4 Å². The number of nitrogens with one attached hydrogen (secondary N) is 1. The maximum Gasteiger partial charge on any atom is 0.125 e. The third-order valence-corrected chi connectivity index (χ3v) is 3.81. The zero-order valence-corrected chi connectivity index (χ0v) is 12.4. The number of benzene rings is 2. The topological polar surface area (TPSA) is 21.3 Å². The van der Waals surface area contributed by atoms with Crippen LogP contribution in [0.3, 0.4) is 0 Å². The van der Waals surface area contributed by atoms with Crippen LogP contribution in [-0.2, 0) is 0 Å². The van der Waals surface area contributed by atoms with Crippen LogP contribution in [0.4, 0.5) is 5.69 Å². The lowest BCUT2D eigenvalue weighted by Crippen LogP contribution is -2.37. The second-order valence-electron chi connectivity index (χ2n) is 5.81. The van der Waals surface area contributed by atoms with Crippen LogP contribution < -0.4 is 10.1 Å². The summed E-state index contributed by atoms with van der Waals surface area (Å²) in [4.78, 5) is 0. The van der Waals surface area contributed by atoms with Crippen molar-refractivity contribution >= 4 is 17.3 Å². The SMILES string of the molecule is CC1(C)CC(Nc2ccc(Cl)cc2)c2ccccc2O1. The molecule has 1 aliphatic heterocycles. The van der Waals surface area contributed by atoms with Crippen molar-refractivity contribution in [2.75, 3.05) is 5.32 Å². The predicted molar refractivity (Wildman–Crippen MR) is 83.6 cm³/mol. The van der Waals surface area contributed by atoms with Gasteiger partial charge in [-0.15, -0.1) is 0 Å². The Kier molecular flexibility index (Phi) is 3.35. The van der Waals surface area contributed by atoms with Gasteiger partial charge < -0.3 is 10.1 Å². The number of ether oxygens (including phenoxy) is 1. The third kappa shape index (κ3) is 2.75. The van der Waals surface area contributed by atoms with Crippen molar-refractivity contribution < 1.29 is 4.74 Å². The first kappa shape index (κ1) is 13.3. The molecule has 0 aromatic heterocycles. The number of para-hydroxylation sites is 1. The lowest BCUT2D eigenvalue weighted by Gasteiger charge is -2.38. The standard InChI is InChI=1S/C17H18ClNO/c1-17(2)11-15(14-5-3-4-6-16(14)20-17)19-13-9-7-12(18)8-10-13/h3-10,15,19H,11H2,1-2H3. The molecule has 3 heteroatoms. The number of rotatable bonds is 2. The lowest BCUT2D eigenvalue weighted by atomic mass is 9.89. The van der Waals surface area contributed by atoms with Gasteiger partial charge in [-0.2, -0.15) is 0 Å². The minimum absolute atomic E-state index is 0.168. The molecule has 20 heavy (non-hydrogen) atoms. The molecule has 2 aromatic carbocycles. The molecule has 1 unspecified atom stereocenters. The van der Waals surface area contributed by atoms with Gasteiger partial charge in [-0.25, -0.2) is 0 Å². The van der Waals surface area contributed by atoms with Crippen molar-refractivity contribution in [2.45, 2.75) is 31.9 Å². The highest BCUT2D eigenvalue weighted by molar-refractivity contribution is 6.30. The normalized spacial score (nSPS) is 19.9. The molecular formula is C17H18ClNO. The van der Waals surface area contributed by atoms with Crippen molar-refractivity contribution in [2.24, 2.45) is 0 Å². The van der Waals surface area contributed by atoms with E-state index < -0.39 is 0 Å². The Morgan fingerprint density at radius 1 is 1.10 bits per heavy atom. The minimum atomic E-state index is -0.168. The Morgan fingerprint density at radius 2 is 1.80 bits per heavy atom. The summed E-state index contributed by atoms with van der Waals surface area (Å²) in [5.74, 6) is 0.968. The highest BCUT2D eigenvalue weighted by atomic mass is 35.5. The predicted octanol–water partition coefficient (Wildman–Crippen LogP) is 5.05. The van der Waals surface area contributed by atoms with E-state index in [0.717, 1.165) is 22.9 Å². The summed E-state index contributed by atoms with van der Waals surface area (Å²) in [7, 11) is 0. The second-order valence-corrected chi connectivity index (χ2v) is 6.24. The molecule has 0 bridgehead atoms. The number of anilines is 1. The molecule has 0 aliphatic carbocycles. The molecule has 1 heterocycles. The molecular weight excluding hydrogens is 270 g/mol. The van der Waals surface area contributed by atoms with E-state index in [1.807, 2.05) is 36.4 Å². The molecule has 0 amide bonds. The lowest BCUT2D eigenvalue weighted by molar-refractivity contribution is 0.0759. The van der Waals surface area contributed by atoms with Crippen LogP contribution in [0, 0.1) is 0 Å². The molecule has 1 atom stereocenters. The van der Waals surface area contributed by atoms with Crippen molar-refractivity contribution in [1.29, 1.82) is 0 Å². The average molecular weight is 288 g/mol. The van der Waals surface area contributed by atoms with Crippen LogP contribution in [0.15, 0.2) is 48.5 Å². The summed E-state index contributed by atoms with van der Waals surface area (Å²) in [6.07, 6.45) is 0.923. The first-order chi connectivity index (χ1) is 9.53. The summed E-state index contributed by atoms with van der Waals surface area (Å²) < 4.78 is 6.05. The Hall–Kier alpha value is -1.67. The van der Waals surface area contributed by atoms with Crippen LogP contribution in [0.1, 0.15) is 31.9 Å². The van der Waals surface area contributed by atoms with E-state index in [9.17, 15) is 0 Å². The van der Waals surface area contributed by atoms with Crippen LogP contribution in [0.2, 0.25) is 5.02 Å². The quantitative estimate of drug-likeness (QED) is 0.834. The van der Waals surface area contributed by atoms with Crippen molar-refractivity contribution in [1.82, 2.24) is 0 Å². The van der Waals surface area contributed by atoms with E-state index in [1.165, 1.54) is 5.56 Å². The van der Waals surface area contributed by atoms with Gasteiger partial charge in [0.2, 0.25) is 0 Å². The van der Waals surface area contributed by atoms with E-state index in [4.69, 9.17) is 16.3 Å². The molecule has 0 spiro atoms. The molecule has 3 rings (SSSR count). The maximum atomic E-state index is 6.05. The van der Waals surface area contributed by atoms with E-state index in [-0.39, 0.29) is 11.6 Å². The molecule has 104 valence electrons. The fourth-order valence-electron chi connectivity index (χ4n) is 2.68. The summed E-state index contributed by atoms with van der Waals surface area (Å²) in [6, 6.07) is 16.3. The molecule has 2 nitrogen and oxygen atoms in total. The Balaban J connectivity index is 1.90. The second kappa shape index (κ2) is 5.02. The zero-order valence-electron chi connectivity index (χ0n) is 11.7.